The van der Waals surface area contributed by atoms with Gasteiger partial charge in [-0.1, -0.05) is 301 Å². The third kappa shape index (κ3) is 59.4. The molecule has 0 spiro atoms. The quantitative estimate of drug-likeness (QED) is 0.0320. The largest absolute Gasteiger partial charge is 0.466 e. The summed E-state index contributed by atoms with van der Waals surface area (Å²) in [5, 5.41) is 23.3. The minimum atomic E-state index is -0.665. The van der Waals surface area contributed by atoms with Gasteiger partial charge in [-0.15, -0.1) is 0 Å². The van der Waals surface area contributed by atoms with Gasteiger partial charge in [0.1, 0.15) is 0 Å². The Morgan fingerprint density at radius 2 is 0.644 bits per heavy atom. The minimum Gasteiger partial charge on any atom is -0.466 e. The fourth-order valence-electron chi connectivity index (χ4n) is 10.4. The van der Waals surface area contributed by atoms with Crippen molar-refractivity contribution in [2.45, 2.75) is 379 Å². The van der Waals surface area contributed by atoms with E-state index >= 15 is 0 Å². The number of ether oxygens (including phenoxy) is 1. The second-order valence-corrected chi connectivity index (χ2v) is 22.8. The molecule has 0 bridgehead atoms. The first-order valence-electron chi connectivity index (χ1n) is 33.1. The monoisotopic (exact) mass is 1030 g/mol. The van der Waals surface area contributed by atoms with Crippen molar-refractivity contribution < 1.29 is 24.5 Å². The van der Waals surface area contributed by atoms with Crippen LogP contribution in [0.3, 0.4) is 0 Å². The van der Waals surface area contributed by atoms with E-state index in [0.717, 1.165) is 44.9 Å². The van der Waals surface area contributed by atoms with E-state index in [0.29, 0.717) is 25.9 Å². The highest BCUT2D eigenvalue weighted by Gasteiger charge is 2.20. The summed E-state index contributed by atoms with van der Waals surface area (Å²) in [5.74, 6) is -0.0274. The molecule has 2 unspecified atom stereocenters. The lowest BCUT2D eigenvalue weighted by Gasteiger charge is -2.22. The molecule has 432 valence electrons. The number of allylic oxidation sites excluding steroid dienone is 4. The van der Waals surface area contributed by atoms with Gasteiger partial charge in [0.25, 0.3) is 0 Å². The molecular weight excluding hydrogens is 899 g/mol. The molecule has 1 amide bonds. The number of nitrogens with one attached hydrogen (secondary N) is 1. The summed E-state index contributed by atoms with van der Waals surface area (Å²) in [6, 6.07) is -0.542. The molecule has 0 saturated heterocycles. The molecule has 0 aromatic carbocycles. The van der Waals surface area contributed by atoms with E-state index in [2.05, 4.69) is 43.5 Å². The summed E-state index contributed by atoms with van der Waals surface area (Å²) in [6.45, 7) is 4.95. The summed E-state index contributed by atoms with van der Waals surface area (Å²) < 4.78 is 5.47. The molecule has 0 radical (unpaired) electrons. The van der Waals surface area contributed by atoms with Crippen LogP contribution in [0, 0.1) is 0 Å². The van der Waals surface area contributed by atoms with Crippen molar-refractivity contribution in [3.8, 4) is 0 Å². The van der Waals surface area contributed by atoms with Crippen LogP contribution in [0.2, 0.25) is 0 Å². The van der Waals surface area contributed by atoms with E-state index in [4.69, 9.17) is 4.74 Å². The highest BCUT2D eigenvalue weighted by Crippen LogP contribution is 2.18. The molecule has 0 aliphatic rings. The number of hydrogen-bond donors (Lipinski definition) is 3. The van der Waals surface area contributed by atoms with E-state index in [1.165, 1.54) is 289 Å². The van der Waals surface area contributed by atoms with Gasteiger partial charge in [0, 0.05) is 12.8 Å². The van der Waals surface area contributed by atoms with Gasteiger partial charge in [-0.05, 0) is 77.0 Å². The lowest BCUT2D eigenvalue weighted by atomic mass is 10.0. The predicted molar refractivity (Wildman–Crippen MR) is 320 cm³/mol. The molecule has 0 fully saturated rings. The number of carbonyl (C=O) groups excluding carboxylic acids is 2. The van der Waals surface area contributed by atoms with Crippen LogP contribution in [0.5, 0.6) is 0 Å². The third-order valence-electron chi connectivity index (χ3n) is 15.5. The lowest BCUT2D eigenvalue weighted by Crippen LogP contribution is -2.45. The van der Waals surface area contributed by atoms with Gasteiger partial charge in [0.2, 0.25) is 5.91 Å². The molecule has 0 aliphatic heterocycles. The van der Waals surface area contributed by atoms with Crippen molar-refractivity contribution in [2.24, 2.45) is 0 Å². The normalized spacial score (nSPS) is 12.7. The van der Waals surface area contributed by atoms with Gasteiger partial charge in [0.15, 0.2) is 0 Å². The standard InChI is InChI=1S/C67H129NO5/c1-3-5-7-9-11-13-15-17-18-30-33-36-39-43-47-51-55-59-65(70)64(63-69)68-66(71)60-56-52-48-44-40-37-34-31-28-26-24-22-20-19-21-23-25-27-29-32-35-38-42-46-50-54-58-62-73-67(72)61-57-53-49-45-41-16-14-12-10-8-6-4-2/h12,14,19-20,64-65,69-70H,3-11,13,15-18,21-63H2,1-2H3,(H,68,71)/b14-12-,20-19-. The van der Waals surface area contributed by atoms with E-state index in [1.807, 2.05) is 0 Å². The first-order chi connectivity index (χ1) is 36.0. The fourth-order valence-corrected chi connectivity index (χ4v) is 10.4. The second-order valence-electron chi connectivity index (χ2n) is 22.8. The van der Waals surface area contributed by atoms with Crippen LogP contribution in [-0.2, 0) is 14.3 Å². The van der Waals surface area contributed by atoms with Crippen LogP contribution in [0.15, 0.2) is 24.3 Å². The number of aliphatic hydroxyl groups is 2. The van der Waals surface area contributed by atoms with Crippen molar-refractivity contribution in [3.63, 3.8) is 0 Å². The Morgan fingerprint density at radius 3 is 1.00 bits per heavy atom. The highest BCUT2D eigenvalue weighted by atomic mass is 16.5. The maximum Gasteiger partial charge on any atom is 0.305 e. The van der Waals surface area contributed by atoms with Crippen LogP contribution in [0.25, 0.3) is 0 Å². The van der Waals surface area contributed by atoms with Crippen LogP contribution in [0.4, 0.5) is 0 Å². The van der Waals surface area contributed by atoms with Crippen LogP contribution in [0.1, 0.15) is 367 Å². The van der Waals surface area contributed by atoms with Gasteiger partial charge in [-0.25, -0.2) is 0 Å². The summed E-state index contributed by atoms with van der Waals surface area (Å²) in [5.41, 5.74) is 0. The summed E-state index contributed by atoms with van der Waals surface area (Å²) in [4.78, 5) is 24.5. The topological polar surface area (TPSA) is 95.9 Å². The number of unbranched alkanes of at least 4 members (excludes halogenated alkanes) is 47. The molecule has 0 rings (SSSR count). The number of carbonyl (C=O) groups is 2. The van der Waals surface area contributed by atoms with E-state index in [-0.39, 0.29) is 18.5 Å². The third-order valence-corrected chi connectivity index (χ3v) is 15.5. The number of amides is 1. The summed E-state index contributed by atoms with van der Waals surface area (Å²) >= 11 is 0. The zero-order valence-corrected chi connectivity index (χ0v) is 49.4. The Balaban J connectivity index is 3.38. The molecular formula is C67H129NO5. The molecule has 3 N–H and O–H groups in total. The Labute approximate surface area is 456 Å². The zero-order chi connectivity index (χ0) is 52.9. The second kappa shape index (κ2) is 62.9. The van der Waals surface area contributed by atoms with Crippen molar-refractivity contribution in [3.05, 3.63) is 24.3 Å². The van der Waals surface area contributed by atoms with Gasteiger partial charge in [-0.3, -0.25) is 9.59 Å². The van der Waals surface area contributed by atoms with Gasteiger partial charge >= 0.3 is 5.97 Å². The summed E-state index contributed by atoms with van der Waals surface area (Å²) in [6.07, 6.45) is 77.8. The fraction of sp³-hybridized carbons (Fsp3) is 0.910. The zero-order valence-electron chi connectivity index (χ0n) is 49.4. The molecule has 0 aromatic heterocycles. The minimum absolute atomic E-state index is 0.00542. The SMILES string of the molecule is CCCCC/C=C\CCCCCCCC(=O)OCCCCCCCCCCCCCC/C=C\CCCCCCCCCCCCCC(=O)NC(CO)C(O)CCCCCCCCCCCCCCCCCCC. The van der Waals surface area contributed by atoms with Crippen LogP contribution >= 0.6 is 0 Å². The Kier molecular flexibility index (Phi) is 61.4. The molecule has 73 heavy (non-hydrogen) atoms. The van der Waals surface area contributed by atoms with Gasteiger partial charge < -0.3 is 20.3 Å². The Hall–Kier alpha value is -1.66. The van der Waals surface area contributed by atoms with Crippen molar-refractivity contribution in [2.75, 3.05) is 13.2 Å². The molecule has 6 heteroatoms. The van der Waals surface area contributed by atoms with Crippen LogP contribution < -0.4 is 5.32 Å². The summed E-state index contributed by atoms with van der Waals surface area (Å²) in [7, 11) is 0. The van der Waals surface area contributed by atoms with E-state index in [9.17, 15) is 19.8 Å². The first-order valence-corrected chi connectivity index (χ1v) is 33.1. The van der Waals surface area contributed by atoms with E-state index in [1.54, 1.807) is 0 Å². The van der Waals surface area contributed by atoms with Crippen LogP contribution in [-0.4, -0.2) is 47.4 Å². The molecule has 2 atom stereocenters. The van der Waals surface area contributed by atoms with Gasteiger partial charge in [0.05, 0.1) is 25.4 Å². The molecule has 6 nitrogen and oxygen atoms in total. The first kappa shape index (κ1) is 71.3. The van der Waals surface area contributed by atoms with Crippen molar-refractivity contribution >= 4 is 11.9 Å². The molecule has 0 heterocycles. The van der Waals surface area contributed by atoms with Crippen molar-refractivity contribution in [1.82, 2.24) is 5.32 Å². The lowest BCUT2D eigenvalue weighted by molar-refractivity contribution is -0.143. The van der Waals surface area contributed by atoms with Crippen molar-refractivity contribution in [1.29, 1.82) is 0 Å². The highest BCUT2D eigenvalue weighted by molar-refractivity contribution is 5.76. The molecule has 0 aromatic rings. The molecule has 0 saturated carbocycles. The smallest absolute Gasteiger partial charge is 0.305 e. The average Bonchev–Trinajstić information content (AvgIpc) is 3.39. The Morgan fingerprint density at radius 1 is 0.370 bits per heavy atom. The average molecular weight is 1030 g/mol. The number of esters is 1. The number of aliphatic hydroxyl groups excluding tert-OH is 2. The molecule has 0 aliphatic carbocycles. The van der Waals surface area contributed by atoms with E-state index < -0.39 is 12.1 Å². The number of hydrogen-bond acceptors (Lipinski definition) is 5. The van der Waals surface area contributed by atoms with Gasteiger partial charge in [-0.2, -0.15) is 0 Å². The Bertz CT molecular complexity index is 1140. The number of rotatable bonds is 62. The maximum atomic E-state index is 12.5. The predicted octanol–water partition coefficient (Wildman–Crippen LogP) is 21.0. The maximum absolute atomic E-state index is 12.5.